The Bertz CT molecular complexity index is 963. The second-order valence-corrected chi connectivity index (χ2v) is 7.07. The highest BCUT2D eigenvalue weighted by molar-refractivity contribution is 5.92. The van der Waals surface area contributed by atoms with Crippen LogP contribution in [0.5, 0.6) is 5.75 Å². The summed E-state index contributed by atoms with van der Waals surface area (Å²) >= 11 is 0. The number of amides is 1. The lowest BCUT2D eigenvalue weighted by atomic mass is 10.1. The van der Waals surface area contributed by atoms with Crippen molar-refractivity contribution in [3.05, 3.63) is 66.7 Å². The van der Waals surface area contributed by atoms with Crippen LogP contribution in [-0.4, -0.2) is 46.0 Å². The number of nitrogens with zero attached hydrogens (tertiary/aromatic N) is 4. The van der Waals surface area contributed by atoms with Crippen LogP contribution in [0.1, 0.15) is 24.6 Å². The molecule has 0 aliphatic carbocycles. The van der Waals surface area contributed by atoms with Crippen molar-refractivity contribution in [2.45, 2.75) is 18.9 Å². The summed E-state index contributed by atoms with van der Waals surface area (Å²) in [4.78, 5) is 27.6. The molecule has 2 N–H and O–H groups in total. The van der Waals surface area contributed by atoms with Gasteiger partial charge < -0.3 is 15.4 Å². The van der Waals surface area contributed by atoms with Gasteiger partial charge in [-0.25, -0.2) is 9.97 Å². The van der Waals surface area contributed by atoms with Gasteiger partial charge >= 0.3 is 0 Å². The zero-order valence-corrected chi connectivity index (χ0v) is 16.8. The first-order chi connectivity index (χ1) is 14.7. The van der Waals surface area contributed by atoms with Gasteiger partial charge in [0.2, 0.25) is 11.9 Å². The topological polar surface area (TPSA) is 92.3 Å². The molecular weight excluding hydrogens is 380 g/mol. The minimum Gasteiger partial charge on any atom is -0.497 e. The van der Waals surface area contributed by atoms with E-state index in [1.54, 1.807) is 31.8 Å². The molecular formula is C22H24N6O2. The maximum atomic E-state index is 12.5. The molecule has 8 nitrogen and oxygen atoms in total. The molecule has 1 aliphatic rings. The van der Waals surface area contributed by atoms with Crippen LogP contribution in [0.25, 0.3) is 0 Å². The molecule has 2 aromatic heterocycles. The average molecular weight is 404 g/mol. The van der Waals surface area contributed by atoms with Crippen molar-refractivity contribution < 1.29 is 9.53 Å². The lowest BCUT2D eigenvalue weighted by molar-refractivity contribution is -0.117. The van der Waals surface area contributed by atoms with E-state index in [0.29, 0.717) is 12.5 Å². The molecule has 0 radical (unpaired) electrons. The molecule has 0 spiro atoms. The van der Waals surface area contributed by atoms with Gasteiger partial charge in [-0.05, 0) is 61.9 Å². The summed E-state index contributed by atoms with van der Waals surface area (Å²) in [6.07, 6.45) is 7.17. The van der Waals surface area contributed by atoms with Crippen LogP contribution in [0.2, 0.25) is 0 Å². The van der Waals surface area contributed by atoms with Crippen molar-refractivity contribution in [2.75, 3.05) is 30.8 Å². The van der Waals surface area contributed by atoms with Gasteiger partial charge in [-0.1, -0.05) is 0 Å². The number of hydrogen-bond donors (Lipinski definition) is 2. The molecule has 30 heavy (non-hydrogen) atoms. The number of methoxy groups -OCH3 is 1. The van der Waals surface area contributed by atoms with Gasteiger partial charge in [0.05, 0.1) is 37.3 Å². The first-order valence-electron chi connectivity index (χ1n) is 9.89. The average Bonchev–Trinajstić information content (AvgIpc) is 3.23. The van der Waals surface area contributed by atoms with Gasteiger partial charge in [0.1, 0.15) is 5.75 Å². The van der Waals surface area contributed by atoms with Gasteiger partial charge in [0.15, 0.2) is 0 Å². The minimum absolute atomic E-state index is 0.0356. The number of pyridine rings is 1. The molecule has 1 amide bonds. The smallest absolute Gasteiger partial charge is 0.238 e. The number of carbonyl (C=O) groups is 1. The fourth-order valence-electron chi connectivity index (χ4n) is 3.58. The predicted octanol–water partition coefficient (Wildman–Crippen LogP) is 3.40. The SMILES string of the molecule is COc1ccc(NC(=O)CN2CCC[C@H]2c2ccc(Nc3ncccn3)cn2)cc1. The van der Waals surface area contributed by atoms with E-state index in [1.165, 1.54) is 0 Å². The van der Waals surface area contributed by atoms with Crippen LogP contribution in [-0.2, 0) is 4.79 Å². The molecule has 3 heterocycles. The third-order valence-corrected chi connectivity index (χ3v) is 5.03. The highest BCUT2D eigenvalue weighted by Crippen LogP contribution is 2.31. The van der Waals surface area contributed by atoms with Crippen molar-refractivity contribution in [2.24, 2.45) is 0 Å². The quantitative estimate of drug-likeness (QED) is 0.623. The molecule has 4 rings (SSSR count). The highest BCUT2D eigenvalue weighted by atomic mass is 16.5. The first kappa shape index (κ1) is 19.8. The van der Waals surface area contributed by atoms with E-state index in [4.69, 9.17) is 4.74 Å². The van der Waals surface area contributed by atoms with E-state index in [9.17, 15) is 4.79 Å². The highest BCUT2D eigenvalue weighted by Gasteiger charge is 2.28. The summed E-state index contributed by atoms with van der Waals surface area (Å²) in [7, 11) is 1.62. The molecule has 154 valence electrons. The Labute approximate surface area is 175 Å². The Morgan fingerprint density at radius 3 is 2.57 bits per heavy atom. The third kappa shape index (κ3) is 4.90. The Hall–Kier alpha value is -3.52. The fourth-order valence-corrected chi connectivity index (χ4v) is 3.58. The van der Waals surface area contributed by atoms with Crippen molar-refractivity contribution >= 4 is 23.2 Å². The first-order valence-corrected chi connectivity index (χ1v) is 9.89. The van der Waals surface area contributed by atoms with Gasteiger partial charge in [-0.3, -0.25) is 14.7 Å². The van der Waals surface area contributed by atoms with Gasteiger partial charge in [0.25, 0.3) is 0 Å². The van der Waals surface area contributed by atoms with Crippen LogP contribution >= 0.6 is 0 Å². The Balaban J connectivity index is 1.36. The van der Waals surface area contributed by atoms with Crippen LogP contribution < -0.4 is 15.4 Å². The summed E-state index contributed by atoms with van der Waals surface area (Å²) in [6.45, 7) is 1.20. The Morgan fingerprint density at radius 2 is 1.87 bits per heavy atom. The molecule has 8 heteroatoms. The normalized spacial score (nSPS) is 16.2. The Morgan fingerprint density at radius 1 is 1.10 bits per heavy atom. The molecule has 1 atom stereocenters. The van der Waals surface area contributed by atoms with Crippen molar-refractivity contribution in [1.82, 2.24) is 19.9 Å². The summed E-state index contributed by atoms with van der Waals surface area (Å²) in [5.41, 5.74) is 2.55. The largest absolute Gasteiger partial charge is 0.497 e. The van der Waals surface area contributed by atoms with E-state index in [0.717, 1.165) is 42.2 Å². The van der Waals surface area contributed by atoms with Crippen molar-refractivity contribution in [3.8, 4) is 5.75 Å². The summed E-state index contributed by atoms with van der Waals surface area (Å²) < 4.78 is 5.15. The summed E-state index contributed by atoms with van der Waals surface area (Å²) in [5.74, 6) is 1.26. The third-order valence-electron chi connectivity index (χ3n) is 5.03. The number of rotatable bonds is 7. The zero-order chi connectivity index (χ0) is 20.8. The number of ether oxygens (including phenoxy) is 1. The van der Waals surface area contributed by atoms with E-state index in [1.807, 2.05) is 36.4 Å². The number of likely N-dealkylation sites (tertiary alicyclic amines) is 1. The molecule has 0 unspecified atom stereocenters. The maximum Gasteiger partial charge on any atom is 0.238 e. The molecule has 1 aliphatic heterocycles. The lowest BCUT2D eigenvalue weighted by Crippen LogP contribution is -2.33. The molecule has 1 fully saturated rings. The van der Waals surface area contributed by atoms with Crippen molar-refractivity contribution in [3.63, 3.8) is 0 Å². The molecule has 0 saturated carbocycles. The van der Waals surface area contributed by atoms with E-state index in [2.05, 4.69) is 30.5 Å². The maximum absolute atomic E-state index is 12.5. The second-order valence-electron chi connectivity index (χ2n) is 7.07. The Kier molecular flexibility index (Phi) is 6.14. The lowest BCUT2D eigenvalue weighted by Gasteiger charge is -2.23. The predicted molar refractivity (Wildman–Crippen MR) is 115 cm³/mol. The number of aromatic nitrogens is 3. The van der Waals surface area contributed by atoms with Crippen LogP contribution in [0.15, 0.2) is 61.1 Å². The van der Waals surface area contributed by atoms with E-state index in [-0.39, 0.29) is 11.9 Å². The number of hydrogen-bond acceptors (Lipinski definition) is 7. The van der Waals surface area contributed by atoms with Crippen LogP contribution in [0, 0.1) is 0 Å². The van der Waals surface area contributed by atoms with E-state index < -0.39 is 0 Å². The minimum atomic E-state index is -0.0356. The van der Waals surface area contributed by atoms with E-state index >= 15 is 0 Å². The monoisotopic (exact) mass is 404 g/mol. The van der Waals surface area contributed by atoms with Crippen LogP contribution in [0.3, 0.4) is 0 Å². The molecule has 0 bridgehead atoms. The fraction of sp³-hybridized carbons (Fsp3) is 0.273. The number of benzene rings is 1. The number of nitrogens with one attached hydrogen (secondary N) is 2. The van der Waals surface area contributed by atoms with Gasteiger partial charge in [0, 0.05) is 18.1 Å². The summed E-state index contributed by atoms with van der Waals surface area (Å²) in [6, 6.07) is 13.2. The van der Waals surface area contributed by atoms with Crippen molar-refractivity contribution in [1.29, 1.82) is 0 Å². The number of anilines is 3. The van der Waals surface area contributed by atoms with Crippen LogP contribution in [0.4, 0.5) is 17.3 Å². The van der Waals surface area contributed by atoms with Gasteiger partial charge in [-0.15, -0.1) is 0 Å². The molecule has 1 saturated heterocycles. The molecule has 1 aromatic carbocycles. The van der Waals surface area contributed by atoms with Gasteiger partial charge in [-0.2, -0.15) is 0 Å². The summed E-state index contributed by atoms with van der Waals surface area (Å²) in [5, 5.41) is 6.08. The second kappa shape index (κ2) is 9.32. The number of carbonyl (C=O) groups excluding carboxylic acids is 1. The molecule has 3 aromatic rings. The zero-order valence-electron chi connectivity index (χ0n) is 16.8. The standard InChI is InChI=1S/C22H24N6O2/c1-30-18-8-5-16(6-9-18)26-21(29)15-28-13-2-4-20(28)19-10-7-17(14-25-19)27-22-23-11-3-12-24-22/h3,5-12,14,20H,2,4,13,15H2,1H3,(H,26,29)(H,23,24,27)/t20-/m0/s1.